The molecule has 0 saturated heterocycles. The van der Waals surface area contributed by atoms with Crippen molar-refractivity contribution < 1.29 is 9.59 Å². The molecule has 0 atom stereocenters. The van der Waals surface area contributed by atoms with Crippen molar-refractivity contribution >= 4 is 29.8 Å². The fraction of sp³-hybridized carbons (Fsp3) is 0.389. The molecule has 5 heteroatoms. The topological polar surface area (TPSA) is 53.0 Å². The van der Waals surface area contributed by atoms with Crippen molar-refractivity contribution in [2.75, 3.05) is 25.0 Å². The molecule has 0 fully saturated rings. The van der Waals surface area contributed by atoms with E-state index in [0.717, 1.165) is 31.5 Å². The monoisotopic (exact) mass is 309 g/mol. The quantitative estimate of drug-likeness (QED) is 0.618. The van der Waals surface area contributed by atoms with E-state index in [1.807, 2.05) is 0 Å². The minimum atomic E-state index is -0.222. The minimum absolute atomic E-state index is 0.173. The number of anilines is 1. The normalized spacial score (nSPS) is 21.5. The lowest BCUT2D eigenvalue weighted by Crippen LogP contribution is -2.34. The van der Waals surface area contributed by atoms with Gasteiger partial charge in [0.05, 0.1) is 0 Å². The third kappa shape index (κ3) is 2.27. The number of benzene rings is 1. The molecule has 0 N–H and O–H groups in total. The maximum absolute atomic E-state index is 12.2. The van der Waals surface area contributed by atoms with E-state index in [9.17, 15) is 9.59 Å². The summed E-state index contributed by atoms with van der Waals surface area (Å²) < 4.78 is 0. The molecule has 0 aliphatic carbocycles. The summed E-state index contributed by atoms with van der Waals surface area (Å²) in [5, 5.41) is 0. The Balaban J connectivity index is 1.77. The van der Waals surface area contributed by atoms with Crippen LogP contribution in [0.3, 0.4) is 0 Å². The Kier molecular flexibility index (Phi) is 3.29. The summed E-state index contributed by atoms with van der Waals surface area (Å²) in [6.07, 6.45) is 6.97. The number of rotatable bonds is 2. The summed E-state index contributed by atoms with van der Waals surface area (Å²) in [6, 6.07) is 4.34. The van der Waals surface area contributed by atoms with Crippen LogP contribution in [0.5, 0.6) is 0 Å². The highest BCUT2D eigenvalue weighted by Crippen LogP contribution is 2.36. The number of aryl methyl sites for hydroxylation is 2. The smallest absolute Gasteiger partial charge is 0.277 e. The molecule has 3 aliphatic heterocycles. The standard InChI is InChI=1S/C18H19N3O2/c1-20-16(11-22)19-15(18(20)23)10-12-8-13-4-2-6-21-7-3-5-14(9-12)17(13)21/h8-11H,2-7H2,1H3/b15-10-. The Morgan fingerprint density at radius 2 is 1.78 bits per heavy atom. The molecule has 0 saturated carbocycles. The first-order valence-corrected chi connectivity index (χ1v) is 8.12. The Morgan fingerprint density at radius 3 is 2.35 bits per heavy atom. The molecule has 5 nitrogen and oxygen atoms in total. The van der Waals surface area contributed by atoms with Gasteiger partial charge < -0.3 is 4.90 Å². The molecule has 0 spiro atoms. The van der Waals surface area contributed by atoms with Crippen molar-refractivity contribution in [3.8, 4) is 0 Å². The van der Waals surface area contributed by atoms with Crippen LogP contribution in [0, 0.1) is 0 Å². The van der Waals surface area contributed by atoms with Crippen molar-refractivity contribution in [1.29, 1.82) is 0 Å². The van der Waals surface area contributed by atoms with Gasteiger partial charge in [0.25, 0.3) is 5.91 Å². The van der Waals surface area contributed by atoms with E-state index >= 15 is 0 Å². The van der Waals surface area contributed by atoms with Gasteiger partial charge in [-0.25, -0.2) is 4.99 Å². The second-order valence-electron chi connectivity index (χ2n) is 6.36. The molecule has 118 valence electrons. The molecular weight excluding hydrogens is 290 g/mol. The van der Waals surface area contributed by atoms with E-state index in [-0.39, 0.29) is 11.7 Å². The van der Waals surface area contributed by atoms with Gasteiger partial charge in [-0.15, -0.1) is 0 Å². The number of likely N-dealkylation sites (N-methyl/N-ethyl adjacent to an activating group) is 1. The highest BCUT2D eigenvalue weighted by molar-refractivity contribution is 6.35. The lowest BCUT2D eigenvalue weighted by Gasteiger charge is -2.37. The van der Waals surface area contributed by atoms with Crippen LogP contribution in [0.4, 0.5) is 5.69 Å². The molecule has 0 radical (unpaired) electrons. The number of carbonyl (C=O) groups excluding carboxylic acids is 2. The van der Waals surface area contributed by atoms with Crippen LogP contribution in [0.15, 0.2) is 22.8 Å². The van der Waals surface area contributed by atoms with Crippen LogP contribution >= 0.6 is 0 Å². The average Bonchev–Trinajstić information content (AvgIpc) is 2.83. The number of amidine groups is 1. The number of aliphatic imine (C=N–C) groups is 1. The number of aldehydes is 1. The zero-order chi connectivity index (χ0) is 16.0. The van der Waals surface area contributed by atoms with Crippen molar-refractivity contribution in [3.63, 3.8) is 0 Å². The molecule has 3 aliphatic rings. The number of carbonyl (C=O) groups is 2. The van der Waals surface area contributed by atoms with E-state index < -0.39 is 0 Å². The van der Waals surface area contributed by atoms with Crippen LogP contribution in [-0.2, 0) is 22.4 Å². The SMILES string of the molecule is CN1C(=O)/C(=C/c2cc3c4c(c2)CCCN4CCC3)N=C1C=O. The Bertz CT molecular complexity index is 733. The van der Waals surface area contributed by atoms with Gasteiger partial charge in [0.2, 0.25) is 0 Å². The molecule has 0 bridgehead atoms. The van der Waals surface area contributed by atoms with Crippen LogP contribution < -0.4 is 4.90 Å². The van der Waals surface area contributed by atoms with E-state index in [0.29, 0.717) is 12.0 Å². The van der Waals surface area contributed by atoms with E-state index in [2.05, 4.69) is 22.0 Å². The van der Waals surface area contributed by atoms with Gasteiger partial charge in [-0.1, -0.05) is 0 Å². The van der Waals surface area contributed by atoms with Crippen molar-refractivity contribution in [3.05, 3.63) is 34.5 Å². The number of nitrogens with zero attached hydrogens (tertiary/aromatic N) is 3. The molecular formula is C18H19N3O2. The van der Waals surface area contributed by atoms with Crippen LogP contribution in [0.2, 0.25) is 0 Å². The molecule has 1 aromatic carbocycles. The molecule has 3 heterocycles. The van der Waals surface area contributed by atoms with E-state index in [1.165, 1.54) is 34.6 Å². The summed E-state index contributed by atoms with van der Waals surface area (Å²) >= 11 is 0. The number of hydrogen-bond acceptors (Lipinski definition) is 4. The molecule has 1 aromatic rings. The number of amides is 1. The second kappa shape index (κ2) is 5.33. The van der Waals surface area contributed by atoms with Crippen LogP contribution in [-0.4, -0.2) is 43.1 Å². The molecule has 1 amide bonds. The lowest BCUT2D eigenvalue weighted by molar-refractivity contribution is -0.122. The second-order valence-corrected chi connectivity index (χ2v) is 6.36. The summed E-state index contributed by atoms with van der Waals surface area (Å²) in [6.45, 7) is 2.30. The molecule has 23 heavy (non-hydrogen) atoms. The Morgan fingerprint density at radius 1 is 1.13 bits per heavy atom. The van der Waals surface area contributed by atoms with Crippen LogP contribution in [0.25, 0.3) is 6.08 Å². The predicted molar refractivity (Wildman–Crippen MR) is 89.5 cm³/mol. The lowest BCUT2D eigenvalue weighted by atomic mass is 9.90. The largest absolute Gasteiger partial charge is 0.371 e. The van der Waals surface area contributed by atoms with Crippen molar-refractivity contribution in [2.24, 2.45) is 4.99 Å². The van der Waals surface area contributed by atoms with E-state index in [1.54, 1.807) is 13.1 Å². The summed E-state index contributed by atoms with van der Waals surface area (Å²) in [5.41, 5.74) is 5.51. The van der Waals surface area contributed by atoms with Crippen molar-refractivity contribution in [1.82, 2.24) is 4.90 Å². The Labute approximate surface area is 135 Å². The third-order valence-corrected chi connectivity index (χ3v) is 4.87. The van der Waals surface area contributed by atoms with Crippen LogP contribution in [0.1, 0.15) is 29.5 Å². The van der Waals surface area contributed by atoms with Gasteiger partial charge in [-0.05, 0) is 60.6 Å². The van der Waals surface area contributed by atoms with E-state index in [4.69, 9.17) is 0 Å². The summed E-state index contributed by atoms with van der Waals surface area (Å²) in [7, 11) is 1.57. The van der Waals surface area contributed by atoms with Gasteiger partial charge in [0.15, 0.2) is 12.1 Å². The fourth-order valence-corrected chi connectivity index (χ4v) is 3.79. The maximum Gasteiger partial charge on any atom is 0.277 e. The van der Waals surface area contributed by atoms with Crippen molar-refractivity contribution in [2.45, 2.75) is 25.7 Å². The first-order chi connectivity index (χ1) is 11.2. The van der Waals surface area contributed by atoms with Gasteiger partial charge in [-0.3, -0.25) is 14.5 Å². The third-order valence-electron chi connectivity index (χ3n) is 4.87. The van der Waals surface area contributed by atoms with Gasteiger partial charge >= 0.3 is 0 Å². The zero-order valence-corrected chi connectivity index (χ0v) is 13.2. The summed E-state index contributed by atoms with van der Waals surface area (Å²) in [4.78, 5) is 31.0. The number of hydrogen-bond donors (Lipinski definition) is 0. The van der Waals surface area contributed by atoms with Gasteiger partial charge in [-0.2, -0.15) is 0 Å². The van der Waals surface area contributed by atoms with Gasteiger partial charge in [0.1, 0.15) is 5.70 Å². The molecule has 0 aromatic heterocycles. The maximum atomic E-state index is 12.2. The highest BCUT2D eigenvalue weighted by atomic mass is 16.2. The predicted octanol–water partition coefficient (Wildman–Crippen LogP) is 1.80. The average molecular weight is 309 g/mol. The first kappa shape index (κ1) is 14.2. The zero-order valence-electron chi connectivity index (χ0n) is 13.2. The van der Waals surface area contributed by atoms with Gasteiger partial charge in [0, 0.05) is 25.8 Å². The molecule has 0 unspecified atom stereocenters. The fourth-order valence-electron chi connectivity index (χ4n) is 3.79. The minimum Gasteiger partial charge on any atom is -0.371 e. The highest BCUT2D eigenvalue weighted by Gasteiger charge is 2.27. The first-order valence-electron chi connectivity index (χ1n) is 8.12. The Hall–Kier alpha value is -2.43. The molecule has 4 rings (SSSR count). The summed E-state index contributed by atoms with van der Waals surface area (Å²) in [5.74, 6) is -0.0492.